The van der Waals surface area contributed by atoms with E-state index < -0.39 is 0 Å². The summed E-state index contributed by atoms with van der Waals surface area (Å²) in [5.41, 5.74) is 3.45. The first kappa shape index (κ1) is 11.2. The Balaban J connectivity index is 2.68. The van der Waals surface area contributed by atoms with Crippen molar-refractivity contribution in [2.45, 2.75) is 6.92 Å². The smallest absolute Gasteiger partial charge is 0.126 e. The molecule has 0 aliphatic heterocycles. The predicted octanol–water partition coefficient (Wildman–Crippen LogP) is 2.94. The lowest BCUT2D eigenvalue weighted by molar-refractivity contribution is 0.416. The van der Waals surface area contributed by atoms with Gasteiger partial charge in [-0.25, -0.2) is 0 Å². The minimum absolute atomic E-state index is 0.552. The van der Waals surface area contributed by atoms with E-state index in [2.05, 4.69) is 11.1 Å². The highest BCUT2D eigenvalue weighted by Crippen LogP contribution is 2.32. The van der Waals surface area contributed by atoms with Crippen molar-refractivity contribution < 1.29 is 4.74 Å². The Kier molecular flexibility index (Phi) is 3.06. The minimum Gasteiger partial charge on any atom is -0.496 e. The van der Waals surface area contributed by atoms with Gasteiger partial charge < -0.3 is 4.74 Å². The van der Waals surface area contributed by atoms with Crippen LogP contribution >= 0.6 is 0 Å². The second-order valence-electron chi connectivity index (χ2n) is 3.74. The molecule has 0 bridgehead atoms. The third-order valence-electron chi connectivity index (χ3n) is 2.59. The van der Waals surface area contributed by atoms with Crippen LogP contribution in [0.5, 0.6) is 5.75 Å². The van der Waals surface area contributed by atoms with Gasteiger partial charge in [0.05, 0.1) is 12.7 Å². The fourth-order valence-electron chi connectivity index (χ4n) is 1.75. The number of rotatable bonds is 2. The SMILES string of the molecule is COc1ccc(C)cc1-c1ccncc1C#N. The van der Waals surface area contributed by atoms with Crippen LogP contribution in [0.4, 0.5) is 0 Å². The van der Waals surface area contributed by atoms with Gasteiger partial charge in [-0.3, -0.25) is 4.98 Å². The zero-order valence-electron chi connectivity index (χ0n) is 9.77. The van der Waals surface area contributed by atoms with Crippen molar-refractivity contribution in [3.63, 3.8) is 0 Å². The van der Waals surface area contributed by atoms with Gasteiger partial charge in [-0.2, -0.15) is 5.26 Å². The van der Waals surface area contributed by atoms with Crippen molar-refractivity contribution in [1.29, 1.82) is 5.26 Å². The van der Waals surface area contributed by atoms with Gasteiger partial charge in [0.25, 0.3) is 0 Å². The summed E-state index contributed by atoms with van der Waals surface area (Å²) in [6, 6.07) is 9.88. The van der Waals surface area contributed by atoms with Crippen molar-refractivity contribution in [2.24, 2.45) is 0 Å². The topological polar surface area (TPSA) is 45.9 Å². The zero-order valence-corrected chi connectivity index (χ0v) is 9.77. The molecule has 17 heavy (non-hydrogen) atoms. The van der Waals surface area contributed by atoms with Crippen molar-refractivity contribution >= 4 is 0 Å². The van der Waals surface area contributed by atoms with Crippen LogP contribution in [0, 0.1) is 18.3 Å². The monoisotopic (exact) mass is 224 g/mol. The number of nitrogens with zero attached hydrogens (tertiary/aromatic N) is 2. The molecule has 2 aromatic rings. The fraction of sp³-hybridized carbons (Fsp3) is 0.143. The average molecular weight is 224 g/mol. The first-order valence-corrected chi connectivity index (χ1v) is 5.25. The number of pyridine rings is 1. The molecule has 0 N–H and O–H groups in total. The van der Waals surface area contributed by atoms with Crippen LogP contribution in [0.3, 0.4) is 0 Å². The van der Waals surface area contributed by atoms with Gasteiger partial charge in [0.2, 0.25) is 0 Å². The van der Waals surface area contributed by atoms with E-state index in [1.54, 1.807) is 19.5 Å². The highest BCUT2D eigenvalue weighted by molar-refractivity contribution is 5.75. The predicted molar refractivity (Wildman–Crippen MR) is 65.7 cm³/mol. The molecule has 0 amide bonds. The molecule has 1 heterocycles. The van der Waals surface area contributed by atoms with E-state index in [0.29, 0.717) is 5.56 Å². The number of hydrogen-bond acceptors (Lipinski definition) is 3. The summed E-state index contributed by atoms with van der Waals surface area (Å²) < 4.78 is 5.32. The van der Waals surface area contributed by atoms with Crippen molar-refractivity contribution in [2.75, 3.05) is 7.11 Å². The second-order valence-corrected chi connectivity index (χ2v) is 3.74. The molecular formula is C14H12N2O. The summed E-state index contributed by atoms with van der Waals surface area (Å²) in [5.74, 6) is 0.762. The van der Waals surface area contributed by atoms with Crippen LogP contribution in [-0.2, 0) is 0 Å². The van der Waals surface area contributed by atoms with Gasteiger partial charge in [-0.15, -0.1) is 0 Å². The zero-order chi connectivity index (χ0) is 12.3. The standard InChI is InChI=1S/C14H12N2O/c1-10-3-4-14(17-2)13(7-10)12-5-6-16-9-11(12)8-15/h3-7,9H,1-2H3. The van der Waals surface area contributed by atoms with Gasteiger partial charge >= 0.3 is 0 Å². The highest BCUT2D eigenvalue weighted by atomic mass is 16.5. The first-order chi connectivity index (χ1) is 8.26. The van der Waals surface area contributed by atoms with E-state index in [1.165, 1.54) is 0 Å². The van der Waals surface area contributed by atoms with Gasteiger partial charge in [0.1, 0.15) is 11.8 Å². The van der Waals surface area contributed by atoms with Crippen LogP contribution in [0.1, 0.15) is 11.1 Å². The molecule has 0 unspecified atom stereocenters. The number of nitriles is 1. The molecule has 3 heteroatoms. The number of benzene rings is 1. The van der Waals surface area contributed by atoms with E-state index in [9.17, 15) is 0 Å². The maximum Gasteiger partial charge on any atom is 0.126 e. The number of aromatic nitrogens is 1. The van der Waals surface area contributed by atoms with Gasteiger partial charge in [0.15, 0.2) is 0 Å². The molecule has 0 aliphatic carbocycles. The number of hydrogen-bond donors (Lipinski definition) is 0. The summed E-state index contributed by atoms with van der Waals surface area (Å²) in [7, 11) is 1.63. The molecule has 0 radical (unpaired) electrons. The molecule has 84 valence electrons. The van der Waals surface area contributed by atoms with Crippen LogP contribution in [0.25, 0.3) is 11.1 Å². The molecule has 1 aromatic carbocycles. The summed E-state index contributed by atoms with van der Waals surface area (Å²) in [5, 5.41) is 9.08. The number of aryl methyl sites for hydroxylation is 1. The summed E-state index contributed by atoms with van der Waals surface area (Å²) >= 11 is 0. The van der Waals surface area contributed by atoms with Crippen LogP contribution in [0.2, 0.25) is 0 Å². The Morgan fingerprint density at radius 3 is 2.76 bits per heavy atom. The van der Waals surface area contributed by atoms with Crippen LogP contribution in [0.15, 0.2) is 36.7 Å². The van der Waals surface area contributed by atoms with E-state index in [-0.39, 0.29) is 0 Å². The third-order valence-corrected chi connectivity index (χ3v) is 2.59. The number of methoxy groups -OCH3 is 1. The molecule has 0 aliphatic rings. The highest BCUT2D eigenvalue weighted by Gasteiger charge is 2.10. The van der Waals surface area contributed by atoms with E-state index in [1.807, 2.05) is 31.2 Å². The lowest BCUT2D eigenvalue weighted by Gasteiger charge is -2.10. The van der Waals surface area contributed by atoms with Crippen molar-refractivity contribution in [3.05, 3.63) is 47.8 Å². The molecule has 1 aromatic heterocycles. The minimum atomic E-state index is 0.552. The van der Waals surface area contributed by atoms with Gasteiger partial charge in [-0.05, 0) is 25.1 Å². The van der Waals surface area contributed by atoms with Crippen LogP contribution in [-0.4, -0.2) is 12.1 Å². The summed E-state index contributed by atoms with van der Waals surface area (Å²) in [6.45, 7) is 2.01. The summed E-state index contributed by atoms with van der Waals surface area (Å²) in [6.07, 6.45) is 3.25. The lowest BCUT2D eigenvalue weighted by Crippen LogP contribution is -1.91. The molecule has 2 rings (SSSR count). The largest absolute Gasteiger partial charge is 0.496 e. The quantitative estimate of drug-likeness (QED) is 0.787. The molecule has 0 fully saturated rings. The maximum absolute atomic E-state index is 9.08. The molecule has 0 atom stereocenters. The van der Waals surface area contributed by atoms with Gasteiger partial charge in [0, 0.05) is 23.5 Å². The molecule has 0 spiro atoms. The average Bonchev–Trinajstić information content (AvgIpc) is 2.38. The van der Waals surface area contributed by atoms with Gasteiger partial charge in [-0.1, -0.05) is 11.6 Å². The van der Waals surface area contributed by atoms with Crippen LogP contribution < -0.4 is 4.74 Å². The normalized spacial score (nSPS) is 9.71. The molecular weight excluding hydrogens is 212 g/mol. The Bertz CT molecular complexity index is 585. The fourth-order valence-corrected chi connectivity index (χ4v) is 1.75. The maximum atomic E-state index is 9.08. The van der Waals surface area contributed by atoms with E-state index >= 15 is 0 Å². The van der Waals surface area contributed by atoms with E-state index in [0.717, 1.165) is 22.4 Å². The Hall–Kier alpha value is -2.34. The van der Waals surface area contributed by atoms with Crippen molar-refractivity contribution in [1.82, 2.24) is 4.98 Å². The lowest BCUT2D eigenvalue weighted by atomic mass is 10.00. The summed E-state index contributed by atoms with van der Waals surface area (Å²) in [4.78, 5) is 3.96. The van der Waals surface area contributed by atoms with Crippen molar-refractivity contribution in [3.8, 4) is 22.9 Å². The Morgan fingerprint density at radius 1 is 1.24 bits per heavy atom. The second kappa shape index (κ2) is 4.67. The van der Waals surface area contributed by atoms with E-state index in [4.69, 9.17) is 10.00 Å². The molecule has 0 saturated heterocycles. The molecule has 0 saturated carbocycles. The third kappa shape index (κ3) is 2.11. The first-order valence-electron chi connectivity index (χ1n) is 5.25. The Morgan fingerprint density at radius 2 is 2.06 bits per heavy atom. The molecule has 3 nitrogen and oxygen atoms in total. The number of ether oxygens (including phenoxy) is 1. The Labute approximate surface area is 100 Å².